The molecule has 1 heterocycles. The van der Waals surface area contributed by atoms with E-state index in [2.05, 4.69) is 5.32 Å². The number of rotatable bonds is 6. The summed E-state index contributed by atoms with van der Waals surface area (Å²) in [7, 11) is 0. The fraction of sp³-hybridized carbons (Fsp3) is 0.148. The van der Waals surface area contributed by atoms with Crippen LogP contribution in [-0.2, 0) is 9.59 Å². The van der Waals surface area contributed by atoms with Crippen molar-refractivity contribution >= 4 is 69.2 Å². The SMILES string of the molecule is Cc1ccc(N2C(=O)/C(=C/c3ccc(OCC(=O)Nc4ccc(C)cc4C)c(Cl)c3)SC2=S)cc1. The summed E-state index contributed by atoms with van der Waals surface area (Å²) in [5.74, 6) is -0.0768. The summed E-state index contributed by atoms with van der Waals surface area (Å²) in [5, 5.41) is 3.18. The number of hydrogen-bond acceptors (Lipinski definition) is 5. The van der Waals surface area contributed by atoms with Crippen molar-refractivity contribution in [3.8, 4) is 5.75 Å². The molecule has 0 radical (unpaired) electrons. The molecule has 1 aliphatic rings. The van der Waals surface area contributed by atoms with E-state index in [1.54, 1.807) is 24.3 Å². The number of aryl methyl sites for hydroxylation is 3. The Labute approximate surface area is 219 Å². The minimum absolute atomic E-state index is 0.177. The third kappa shape index (κ3) is 5.93. The summed E-state index contributed by atoms with van der Waals surface area (Å²) in [6, 6.07) is 18.6. The summed E-state index contributed by atoms with van der Waals surface area (Å²) in [5.41, 5.74) is 5.42. The van der Waals surface area contributed by atoms with E-state index in [9.17, 15) is 9.59 Å². The molecule has 5 nitrogen and oxygen atoms in total. The molecule has 0 spiro atoms. The lowest BCUT2D eigenvalue weighted by Crippen LogP contribution is -2.27. The van der Waals surface area contributed by atoms with E-state index in [0.717, 1.165) is 33.6 Å². The monoisotopic (exact) mass is 522 g/mol. The van der Waals surface area contributed by atoms with Crippen LogP contribution in [0.15, 0.2) is 65.6 Å². The van der Waals surface area contributed by atoms with Gasteiger partial charge in [0, 0.05) is 5.69 Å². The highest BCUT2D eigenvalue weighted by atomic mass is 35.5. The molecular formula is C27H23ClN2O3S2. The molecule has 178 valence electrons. The van der Waals surface area contributed by atoms with E-state index in [1.165, 1.54) is 16.7 Å². The maximum Gasteiger partial charge on any atom is 0.270 e. The highest BCUT2D eigenvalue weighted by molar-refractivity contribution is 8.27. The molecule has 0 aliphatic carbocycles. The maximum absolute atomic E-state index is 13.0. The van der Waals surface area contributed by atoms with Gasteiger partial charge in [0.2, 0.25) is 0 Å². The molecule has 0 saturated carbocycles. The van der Waals surface area contributed by atoms with Gasteiger partial charge in [-0.15, -0.1) is 0 Å². The van der Waals surface area contributed by atoms with Gasteiger partial charge in [-0.25, -0.2) is 0 Å². The van der Waals surface area contributed by atoms with Crippen LogP contribution in [0.4, 0.5) is 11.4 Å². The van der Waals surface area contributed by atoms with E-state index in [1.807, 2.05) is 63.2 Å². The van der Waals surface area contributed by atoms with Crippen LogP contribution in [0.25, 0.3) is 6.08 Å². The van der Waals surface area contributed by atoms with Crippen molar-refractivity contribution in [3.05, 3.63) is 92.8 Å². The minimum Gasteiger partial charge on any atom is -0.482 e. The van der Waals surface area contributed by atoms with Gasteiger partial charge < -0.3 is 10.1 Å². The molecule has 1 N–H and O–H groups in total. The van der Waals surface area contributed by atoms with E-state index >= 15 is 0 Å². The van der Waals surface area contributed by atoms with Crippen LogP contribution in [0.5, 0.6) is 5.75 Å². The number of amides is 2. The van der Waals surface area contributed by atoms with Crippen molar-refractivity contribution in [2.75, 3.05) is 16.8 Å². The first kappa shape index (κ1) is 25.0. The number of halogens is 1. The molecule has 4 rings (SSSR count). The van der Waals surface area contributed by atoms with Crippen molar-refractivity contribution in [1.82, 2.24) is 0 Å². The fourth-order valence-corrected chi connectivity index (χ4v) is 5.09. The first-order valence-corrected chi connectivity index (χ1v) is 12.5. The molecule has 3 aromatic rings. The number of benzene rings is 3. The topological polar surface area (TPSA) is 58.6 Å². The second-order valence-corrected chi connectivity index (χ2v) is 10.3. The highest BCUT2D eigenvalue weighted by Gasteiger charge is 2.33. The van der Waals surface area contributed by atoms with Gasteiger partial charge >= 0.3 is 0 Å². The number of nitrogens with zero attached hydrogens (tertiary/aromatic N) is 1. The van der Waals surface area contributed by atoms with Crippen LogP contribution in [0, 0.1) is 20.8 Å². The lowest BCUT2D eigenvalue weighted by molar-refractivity contribution is -0.118. The maximum atomic E-state index is 13.0. The summed E-state index contributed by atoms with van der Waals surface area (Å²) >= 11 is 13.1. The molecule has 1 fully saturated rings. The third-order valence-electron chi connectivity index (χ3n) is 5.35. The number of anilines is 2. The van der Waals surface area contributed by atoms with Gasteiger partial charge in [0.1, 0.15) is 5.75 Å². The molecule has 0 unspecified atom stereocenters. The smallest absolute Gasteiger partial charge is 0.270 e. The van der Waals surface area contributed by atoms with E-state index in [4.69, 9.17) is 28.6 Å². The molecule has 0 atom stereocenters. The Balaban J connectivity index is 1.41. The van der Waals surface area contributed by atoms with Gasteiger partial charge in [0.15, 0.2) is 10.9 Å². The number of ether oxygens (including phenoxy) is 1. The van der Waals surface area contributed by atoms with Crippen LogP contribution in [-0.4, -0.2) is 22.7 Å². The normalized spacial score (nSPS) is 14.5. The Morgan fingerprint density at radius 3 is 2.46 bits per heavy atom. The van der Waals surface area contributed by atoms with Crippen LogP contribution >= 0.6 is 35.6 Å². The largest absolute Gasteiger partial charge is 0.482 e. The number of thiocarbonyl (C=S) groups is 1. The number of nitrogens with one attached hydrogen (secondary N) is 1. The van der Waals surface area contributed by atoms with Crippen molar-refractivity contribution in [3.63, 3.8) is 0 Å². The average Bonchev–Trinajstić information content (AvgIpc) is 3.08. The molecule has 1 aliphatic heterocycles. The van der Waals surface area contributed by atoms with Crippen LogP contribution < -0.4 is 15.0 Å². The average molecular weight is 523 g/mol. The van der Waals surface area contributed by atoms with Crippen molar-refractivity contribution in [2.24, 2.45) is 0 Å². The van der Waals surface area contributed by atoms with Crippen LogP contribution in [0.2, 0.25) is 5.02 Å². The quantitative estimate of drug-likeness (QED) is 0.289. The predicted octanol–water partition coefficient (Wildman–Crippen LogP) is 6.69. The molecule has 35 heavy (non-hydrogen) atoms. The number of carbonyl (C=O) groups is 2. The molecule has 3 aromatic carbocycles. The number of hydrogen-bond donors (Lipinski definition) is 1. The van der Waals surface area contributed by atoms with E-state index < -0.39 is 0 Å². The molecule has 0 aromatic heterocycles. The molecule has 2 amide bonds. The lowest BCUT2D eigenvalue weighted by Gasteiger charge is -2.14. The van der Waals surface area contributed by atoms with Gasteiger partial charge in [0.25, 0.3) is 11.8 Å². The van der Waals surface area contributed by atoms with Crippen LogP contribution in [0.3, 0.4) is 0 Å². The second-order valence-electron chi connectivity index (χ2n) is 8.20. The van der Waals surface area contributed by atoms with E-state index in [0.29, 0.717) is 20.0 Å². The zero-order chi connectivity index (χ0) is 25.1. The van der Waals surface area contributed by atoms with Crippen molar-refractivity contribution < 1.29 is 14.3 Å². The highest BCUT2D eigenvalue weighted by Crippen LogP contribution is 2.37. The Kier molecular flexibility index (Phi) is 7.60. The standard InChI is InChI=1S/C27H23ClN2O3S2/c1-16-4-8-20(9-5-16)30-26(32)24(35-27(30)34)14-19-7-11-23(21(28)13-19)33-15-25(31)29-22-10-6-17(2)12-18(22)3/h4-14H,15H2,1-3H3,(H,29,31)/b24-14-. The summed E-state index contributed by atoms with van der Waals surface area (Å²) in [6.45, 7) is 5.75. The Bertz CT molecular complexity index is 1350. The number of thioether (sulfide) groups is 1. The van der Waals surface area contributed by atoms with E-state index in [-0.39, 0.29) is 18.4 Å². The van der Waals surface area contributed by atoms with Gasteiger partial charge in [-0.05, 0) is 68.3 Å². The molecule has 1 saturated heterocycles. The van der Waals surface area contributed by atoms with Crippen molar-refractivity contribution in [1.29, 1.82) is 0 Å². The first-order valence-electron chi connectivity index (χ1n) is 10.9. The van der Waals surface area contributed by atoms with Gasteiger partial charge in [-0.2, -0.15) is 0 Å². The van der Waals surface area contributed by atoms with Gasteiger partial charge in [0.05, 0.1) is 15.6 Å². The summed E-state index contributed by atoms with van der Waals surface area (Å²) < 4.78 is 6.09. The molecule has 0 bridgehead atoms. The summed E-state index contributed by atoms with van der Waals surface area (Å²) in [6.07, 6.45) is 1.75. The predicted molar refractivity (Wildman–Crippen MR) is 148 cm³/mol. The molecule has 8 heteroatoms. The zero-order valence-electron chi connectivity index (χ0n) is 19.4. The van der Waals surface area contributed by atoms with Gasteiger partial charge in [-0.3, -0.25) is 14.5 Å². The lowest BCUT2D eigenvalue weighted by atomic mass is 10.1. The Hall–Kier alpha value is -3.13. The third-order valence-corrected chi connectivity index (χ3v) is 6.95. The minimum atomic E-state index is -0.281. The van der Waals surface area contributed by atoms with Crippen LogP contribution in [0.1, 0.15) is 22.3 Å². The second kappa shape index (κ2) is 10.6. The molecular weight excluding hydrogens is 500 g/mol. The first-order chi connectivity index (χ1) is 16.7. The fourth-order valence-electron chi connectivity index (χ4n) is 3.54. The van der Waals surface area contributed by atoms with Crippen molar-refractivity contribution in [2.45, 2.75) is 20.8 Å². The Morgan fingerprint density at radius 1 is 1.06 bits per heavy atom. The zero-order valence-corrected chi connectivity index (χ0v) is 21.8. The number of carbonyl (C=O) groups excluding carboxylic acids is 2. The van der Waals surface area contributed by atoms with Gasteiger partial charge in [-0.1, -0.05) is 77.0 Å². The summed E-state index contributed by atoms with van der Waals surface area (Å²) in [4.78, 5) is 27.3. The Morgan fingerprint density at radius 2 is 1.77 bits per heavy atom.